The second kappa shape index (κ2) is 7.22. The molecule has 26 heavy (non-hydrogen) atoms. The van der Waals surface area contributed by atoms with Crippen molar-refractivity contribution in [1.82, 2.24) is 0 Å². The van der Waals surface area contributed by atoms with Crippen LogP contribution >= 0.6 is 11.6 Å². The maximum absolute atomic E-state index is 13.0. The van der Waals surface area contributed by atoms with Gasteiger partial charge in [0.2, 0.25) is 5.43 Å². The molecule has 1 aliphatic rings. The molecule has 0 fully saturated rings. The van der Waals surface area contributed by atoms with Gasteiger partial charge < -0.3 is 13.9 Å². The van der Waals surface area contributed by atoms with Crippen LogP contribution in [0.3, 0.4) is 0 Å². The molecule has 0 saturated heterocycles. The molecule has 0 radical (unpaired) electrons. The number of methoxy groups -OCH3 is 2. The fourth-order valence-corrected chi connectivity index (χ4v) is 3.11. The summed E-state index contributed by atoms with van der Waals surface area (Å²) >= 11 is 6.12. The predicted molar refractivity (Wildman–Crippen MR) is 100 cm³/mol. The van der Waals surface area contributed by atoms with Gasteiger partial charge in [0.05, 0.1) is 30.4 Å². The Bertz CT molecular complexity index is 1060. The molecule has 0 bridgehead atoms. The molecule has 0 spiro atoms. The molecule has 0 aliphatic heterocycles. The minimum atomic E-state index is -0.338. The Balaban J connectivity index is 2.23. The third-order valence-electron chi connectivity index (χ3n) is 4.22. The molecule has 0 saturated carbocycles. The largest absolute Gasteiger partial charge is 0.493 e. The summed E-state index contributed by atoms with van der Waals surface area (Å²) in [6.07, 6.45) is 4.41. The zero-order valence-electron chi connectivity index (χ0n) is 14.4. The lowest BCUT2D eigenvalue weighted by Gasteiger charge is -2.13. The molecule has 1 aromatic carbocycles. The fraction of sp³-hybridized carbons (Fsp3) is 0.200. The first kappa shape index (κ1) is 18.0. The van der Waals surface area contributed by atoms with Crippen molar-refractivity contribution in [2.45, 2.75) is 11.8 Å². The van der Waals surface area contributed by atoms with Gasteiger partial charge in [-0.15, -0.1) is 11.6 Å². The summed E-state index contributed by atoms with van der Waals surface area (Å²) in [6.45, 7) is 3.99. The zero-order valence-corrected chi connectivity index (χ0v) is 15.1. The second-order valence-corrected chi connectivity index (χ2v) is 6.30. The summed E-state index contributed by atoms with van der Waals surface area (Å²) < 4.78 is 16.1. The van der Waals surface area contributed by atoms with Gasteiger partial charge in [-0.1, -0.05) is 18.7 Å². The normalized spacial score (nSPS) is 15.3. The molecule has 1 unspecified atom stereocenters. The quantitative estimate of drug-likeness (QED) is 0.594. The SMILES string of the molecule is C=C(c1ccc(OC)c(OC)c1)c1c(C=O)oc2c(c1=O)=CC(Cl)CC=2. The van der Waals surface area contributed by atoms with E-state index < -0.39 is 0 Å². The number of ether oxygens (including phenoxy) is 2. The van der Waals surface area contributed by atoms with Gasteiger partial charge in [0.1, 0.15) is 5.42 Å². The van der Waals surface area contributed by atoms with E-state index in [-0.39, 0.29) is 22.1 Å². The van der Waals surface area contributed by atoms with E-state index in [1.807, 2.05) is 0 Å². The Kier molecular flexibility index (Phi) is 5.00. The van der Waals surface area contributed by atoms with E-state index in [9.17, 15) is 9.59 Å². The van der Waals surface area contributed by atoms with E-state index in [0.717, 1.165) is 0 Å². The minimum Gasteiger partial charge on any atom is -0.493 e. The lowest BCUT2D eigenvalue weighted by Crippen LogP contribution is -2.44. The van der Waals surface area contributed by atoms with Gasteiger partial charge >= 0.3 is 0 Å². The fourth-order valence-electron chi connectivity index (χ4n) is 2.90. The molecule has 0 amide bonds. The summed E-state index contributed by atoms with van der Waals surface area (Å²) in [4.78, 5) is 24.5. The molecule has 5 nitrogen and oxygen atoms in total. The molecule has 1 aromatic heterocycles. The first-order valence-corrected chi connectivity index (χ1v) is 8.33. The van der Waals surface area contributed by atoms with Gasteiger partial charge in [-0.05, 0) is 35.8 Å². The minimum absolute atomic E-state index is 0.0637. The first-order valence-electron chi connectivity index (χ1n) is 7.90. The molecule has 6 heteroatoms. The lowest BCUT2D eigenvalue weighted by molar-refractivity contribution is 0.109. The Morgan fingerprint density at radius 2 is 2.04 bits per heavy atom. The van der Waals surface area contributed by atoms with Crippen molar-refractivity contribution in [1.29, 1.82) is 0 Å². The van der Waals surface area contributed by atoms with Crippen molar-refractivity contribution in [2.75, 3.05) is 14.2 Å². The Morgan fingerprint density at radius 1 is 1.31 bits per heavy atom. The van der Waals surface area contributed by atoms with Crippen LogP contribution in [-0.4, -0.2) is 25.9 Å². The van der Waals surface area contributed by atoms with Gasteiger partial charge in [-0.3, -0.25) is 9.59 Å². The van der Waals surface area contributed by atoms with Crippen LogP contribution in [0.4, 0.5) is 0 Å². The average Bonchev–Trinajstić information content (AvgIpc) is 2.67. The maximum atomic E-state index is 13.0. The highest BCUT2D eigenvalue weighted by molar-refractivity contribution is 6.24. The summed E-state index contributed by atoms with van der Waals surface area (Å²) in [5.74, 6) is 0.970. The highest BCUT2D eigenvalue weighted by Gasteiger charge is 2.19. The summed E-state index contributed by atoms with van der Waals surface area (Å²) in [6, 6.07) is 5.13. The Hall–Kier alpha value is -2.79. The molecule has 1 heterocycles. The molecule has 1 atom stereocenters. The van der Waals surface area contributed by atoms with Gasteiger partial charge in [0.25, 0.3) is 0 Å². The Morgan fingerprint density at radius 3 is 2.69 bits per heavy atom. The van der Waals surface area contributed by atoms with Crippen LogP contribution in [0.25, 0.3) is 17.7 Å². The number of carbonyl (C=O) groups is 1. The number of alkyl halides is 1. The van der Waals surface area contributed by atoms with E-state index in [0.29, 0.717) is 46.0 Å². The third kappa shape index (κ3) is 3.06. The van der Waals surface area contributed by atoms with Crippen molar-refractivity contribution >= 4 is 35.6 Å². The second-order valence-electron chi connectivity index (χ2n) is 5.74. The molecule has 3 rings (SSSR count). The van der Waals surface area contributed by atoms with E-state index in [2.05, 4.69) is 6.58 Å². The molecular formula is C20H17ClO5. The molecule has 2 aromatic rings. The summed E-state index contributed by atoms with van der Waals surface area (Å²) in [5, 5.41) is 0.0492. The molecule has 134 valence electrons. The van der Waals surface area contributed by atoms with Crippen molar-refractivity contribution < 1.29 is 18.7 Å². The average molecular weight is 373 g/mol. The number of halogens is 1. The van der Waals surface area contributed by atoms with Crippen molar-refractivity contribution in [3.05, 3.63) is 62.5 Å². The number of carbonyl (C=O) groups excluding carboxylic acids is 1. The molecule has 1 aliphatic carbocycles. The van der Waals surface area contributed by atoms with E-state index in [1.165, 1.54) is 14.2 Å². The van der Waals surface area contributed by atoms with Crippen LogP contribution in [0.2, 0.25) is 0 Å². The number of rotatable bonds is 5. The topological polar surface area (TPSA) is 65.7 Å². The monoisotopic (exact) mass is 372 g/mol. The number of hydrogen-bond acceptors (Lipinski definition) is 5. The van der Waals surface area contributed by atoms with Crippen molar-refractivity contribution in [3.63, 3.8) is 0 Å². The lowest BCUT2D eigenvalue weighted by atomic mass is 9.97. The van der Waals surface area contributed by atoms with E-state index in [1.54, 1.807) is 30.4 Å². The van der Waals surface area contributed by atoms with E-state index >= 15 is 0 Å². The third-order valence-corrected chi connectivity index (χ3v) is 4.52. The van der Waals surface area contributed by atoms with Crippen LogP contribution < -0.4 is 25.5 Å². The number of benzene rings is 1. The smallest absolute Gasteiger partial charge is 0.200 e. The number of aldehydes is 1. The molecular weight excluding hydrogens is 356 g/mol. The van der Waals surface area contributed by atoms with Crippen molar-refractivity contribution in [2.24, 2.45) is 0 Å². The van der Waals surface area contributed by atoms with Gasteiger partial charge in [-0.25, -0.2) is 0 Å². The van der Waals surface area contributed by atoms with Gasteiger partial charge in [0.15, 0.2) is 23.5 Å². The summed E-state index contributed by atoms with van der Waals surface area (Å²) in [5.41, 5.74) is 1.10. The van der Waals surface area contributed by atoms with Crippen molar-refractivity contribution in [3.8, 4) is 11.5 Å². The standard InChI is InChI=1S/C20H17ClO5/c1-11(12-4-6-16(24-2)17(8-12)25-3)19-18(10-22)26-15-7-5-13(21)9-14(15)20(19)23/h4,6-10,13H,1,5H2,2-3H3. The maximum Gasteiger partial charge on any atom is 0.200 e. The predicted octanol–water partition coefficient (Wildman–Crippen LogP) is 2.10. The first-order chi connectivity index (χ1) is 12.5. The van der Waals surface area contributed by atoms with Gasteiger partial charge in [0, 0.05) is 0 Å². The highest BCUT2D eigenvalue weighted by atomic mass is 35.5. The van der Waals surface area contributed by atoms with Crippen LogP contribution in [0.1, 0.15) is 28.1 Å². The number of fused-ring (bicyclic) bond motifs is 1. The van der Waals surface area contributed by atoms with Crippen LogP contribution in [0, 0.1) is 0 Å². The Labute approximate surface area is 154 Å². The number of hydrogen-bond donors (Lipinski definition) is 0. The van der Waals surface area contributed by atoms with Crippen LogP contribution in [0.15, 0.2) is 34.0 Å². The van der Waals surface area contributed by atoms with Gasteiger partial charge in [-0.2, -0.15) is 0 Å². The zero-order chi connectivity index (χ0) is 18.8. The van der Waals surface area contributed by atoms with Crippen LogP contribution in [-0.2, 0) is 0 Å². The molecule has 0 N–H and O–H groups in total. The highest BCUT2D eigenvalue weighted by Crippen LogP contribution is 2.31. The summed E-state index contributed by atoms with van der Waals surface area (Å²) in [7, 11) is 3.05. The van der Waals surface area contributed by atoms with Crippen LogP contribution in [0.5, 0.6) is 11.5 Å². The van der Waals surface area contributed by atoms with E-state index in [4.69, 9.17) is 25.5 Å².